The second-order valence-corrected chi connectivity index (χ2v) is 11.1. The lowest BCUT2D eigenvalue weighted by Crippen LogP contribution is -2.10. The van der Waals surface area contributed by atoms with Gasteiger partial charge in [-0.3, -0.25) is 0 Å². The second kappa shape index (κ2) is 8.48. The Hall–Kier alpha value is -3.75. The molecule has 1 aromatic heterocycles. The Bertz CT molecular complexity index is 1660. The maximum absolute atomic E-state index is 4.80. The molecule has 0 atom stereocenters. The van der Waals surface area contributed by atoms with Crippen LogP contribution >= 0.6 is 11.3 Å². The van der Waals surface area contributed by atoms with E-state index in [2.05, 4.69) is 124 Å². The van der Waals surface area contributed by atoms with Gasteiger partial charge in [-0.25, -0.2) is 4.98 Å². The maximum Gasteiger partial charge on any atom is 0.123 e. The topological polar surface area (TPSA) is 12.9 Å². The molecule has 0 unspecified atom stereocenters. The number of aromatic nitrogens is 1. The van der Waals surface area contributed by atoms with Crippen molar-refractivity contribution in [3.05, 3.63) is 115 Å². The van der Waals surface area contributed by atoms with Crippen molar-refractivity contribution < 1.29 is 0 Å². The summed E-state index contributed by atoms with van der Waals surface area (Å²) in [7, 11) is 0. The molecule has 6 aromatic rings. The fraction of sp³-hybridized carbons (Fsp3) is 0.121. The summed E-state index contributed by atoms with van der Waals surface area (Å²) >= 11 is 1.76. The molecule has 0 fully saturated rings. The molecule has 0 amide bonds. The summed E-state index contributed by atoms with van der Waals surface area (Å²) in [6.07, 6.45) is 2.02. The minimum atomic E-state index is 0.150. The average molecular weight is 470 g/mol. The van der Waals surface area contributed by atoms with Gasteiger partial charge in [-0.05, 0) is 43.7 Å². The zero-order valence-corrected chi connectivity index (χ0v) is 21.1. The molecule has 1 nitrogen and oxygen atoms in total. The lowest BCUT2D eigenvalue weighted by Gasteiger charge is -2.18. The van der Waals surface area contributed by atoms with Crippen molar-refractivity contribution in [1.82, 2.24) is 4.98 Å². The van der Waals surface area contributed by atoms with Gasteiger partial charge in [0.25, 0.3) is 0 Å². The second-order valence-electron chi connectivity index (χ2n) is 10.1. The molecular weight excluding hydrogens is 442 g/mol. The minimum Gasteiger partial charge on any atom is -0.244 e. The Balaban J connectivity index is 1.45. The standard InChI is InChI=1S/C33H27NS/c1-33(2,3)24-17-15-23(16-18-24)32-34-21-31(35-32)30-20-19-29(27-12-6-7-13-28(27)30)26-14-8-10-22-9-4-5-11-25(22)26/h4-21H,1-3H3. The van der Waals surface area contributed by atoms with E-state index < -0.39 is 0 Å². The minimum absolute atomic E-state index is 0.150. The zero-order chi connectivity index (χ0) is 24.0. The van der Waals surface area contributed by atoms with Crippen molar-refractivity contribution in [3.63, 3.8) is 0 Å². The number of rotatable bonds is 3. The molecule has 2 heteroatoms. The molecule has 6 rings (SSSR count). The number of thiazole rings is 1. The average Bonchev–Trinajstić information content (AvgIpc) is 3.37. The van der Waals surface area contributed by atoms with E-state index in [0.717, 1.165) is 5.01 Å². The Kier molecular flexibility index (Phi) is 5.27. The molecule has 0 bridgehead atoms. The first-order valence-electron chi connectivity index (χ1n) is 12.1. The van der Waals surface area contributed by atoms with Crippen LogP contribution in [0.1, 0.15) is 26.3 Å². The van der Waals surface area contributed by atoms with Crippen LogP contribution in [0.4, 0.5) is 0 Å². The van der Waals surface area contributed by atoms with Crippen LogP contribution in [0.15, 0.2) is 109 Å². The first-order valence-corrected chi connectivity index (χ1v) is 12.9. The number of fused-ring (bicyclic) bond motifs is 2. The van der Waals surface area contributed by atoms with Crippen LogP contribution < -0.4 is 0 Å². The molecule has 35 heavy (non-hydrogen) atoms. The van der Waals surface area contributed by atoms with Gasteiger partial charge in [-0.15, -0.1) is 11.3 Å². The largest absolute Gasteiger partial charge is 0.244 e. The molecule has 1 heterocycles. The summed E-state index contributed by atoms with van der Waals surface area (Å²) in [5.41, 5.74) is 6.44. The summed E-state index contributed by atoms with van der Waals surface area (Å²) in [4.78, 5) is 6.00. The third kappa shape index (κ3) is 3.94. The summed E-state index contributed by atoms with van der Waals surface area (Å²) in [5.74, 6) is 0. The van der Waals surface area contributed by atoms with E-state index in [1.54, 1.807) is 11.3 Å². The van der Waals surface area contributed by atoms with Gasteiger partial charge in [0.05, 0.1) is 4.88 Å². The fourth-order valence-electron chi connectivity index (χ4n) is 4.85. The molecule has 0 saturated carbocycles. The highest BCUT2D eigenvalue weighted by atomic mass is 32.1. The number of hydrogen-bond donors (Lipinski definition) is 0. The van der Waals surface area contributed by atoms with Crippen LogP contribution in [-0.4, -0.2) is 4.98 Å². The molecule has 0 saturated heterocycles. The highest BCUT2D eigenvalue weighted by Crippen LogP contribution is 2.41. The number of nitrogens with zero attached hydrogens (tertiary/aromatic N) is 1. The number of hydrogen-bond acceptors (Lipinski definition) is 2. The summed E-state index contributed by atoms with van der Waals surface area (Å²) in [5, 5.41) is 6.14. The smallest absolute Gasteiger partial charge is 0.123 e. The molecule has 0 aliphatic carbocycles. The van der Waals surface area contributed by atoms with Gasteiger partial charge in [0.15, 0.2) is 0 Å². The SMILES string of the molecule is CC(C)(C)c1ccc(-c2ncc(-c3ccc(-c4cccc5ccccc45)c4ccccc34)s2)cc1. The van der Waals surface area contributed by atoms with E-state index in [4.69, 9.17) is 4.98 Å². The van der Waals surface area contributed by atoms with Crippen molar-refractivity contribution in [2.45, 2.75) is 26.2 Å². The van der Waals surface area contributed by atoms with Crippen LogP contribution in [0.2, 0.25) is 0 Å². The van der Waals surface area contributed by atoms with Crippen LogP contribution in [0.3, 0.4) is 0 Å². The molecule has 0 N–H and O–H groups in total. The first kappa shape index (κ1) is 21.8. The first-order chi connectivity index (χ1) is 17.0. The van der Waals surface area contributed by atoms with Crippen molar-refractivity contribution >= 4 is 32.9 Å². The monoisotopic (exact) mass is 469 g/mol. The predicted octanol–water partition coefficient (Wildman–Crippen LogP) is 9.75. The van der Waals surface area contributed by atoms with Crippen molar-refractivity contribution in [1.29, 1.82) is 0 Å². The van der Waals surface area contributed by atoms with Gasteiger partial charge in [0.2, 0.25) is 0 Å². The van der Waals surface area contributed by atoms with Gasteiger partial charge in [0, 0.05) is 17.3 Å². The summed E-state index contributed by atoms with van der Waals surface area (Å²) < 4.78 is 0. The lowest BCUT2D eigenvalue weighted by atomic mass is 9.87. The Morgan fingerprint density at radius 3 is 1.91 bits per heavy atom. The van der Waals surface area contributed by atoms with E-state index in [-0.39, 0.29) is 5.41 Å². The molecular formula is C33H27NS. The molecule has 170 valence electrons. The maximum atomic E-state index is 4.80. The summed E-state index contributed by atoms with van der Waals surface area (Å²) in [6.45, 7) is 6.74. The van der Waals surface area contributed by atoms with Crippen LogP contribution in [0.25, 0.3) is 53.7 Å². The number of benzene rings is 5. The normalized spacial score (nSPS) is 11.9. The van der Waals surface area contributed by atoms with Crippen molar-refractivity contribution in [3.8, 4) is 32.1 Å². The third-order valence-corrected chi connectivity index (χ3v) is 7.85. The molecule has 0 aliphatic heterocycles. The quantitative estimate of drug-likeness (QED) is 0.251. The van der Waals surface area contributed by atoms with Crippen molar-refractivity contribution in [2.24, 2.45) is 0 Å². The van der Waals surface area contributed by atoms with Crippen LogP contribution in [0, 0.1) is 0 Å². The summed E-state index contributed by atoms with van der Waals surface area (Å²) in [6, 6.07) is 37.3. The molecule has 0 radical (unpaired) electrons. The Morgan fingerprint density at radius 2 is 1.17 bits per heavy atom. The van der Waals surface area contributed by atoms with E-state index in [9.17, 15) is 0 Å². The van der Waals surface area contributed by atoms with E-state index in [1.165, 1.54) is 54.2 Å². The zero-order valence-electron chi connectivity index (χ0n) is 20.2. The molecule has 0 spiro atoms. The van der Waals surface area contributed by atoms with E-state index in [1.807, 2.05) is 6.20 Å². The van der Waals surface area contributed by atoms with Crippen LogP contribution in [-0.2, 0) is 5.41 Å². The molecule has 0 aliphatic rings. The van der Waals surface area contributed by atoms with Gasteiger partial charge in [0.1, 0.15) is 5.01 Å². The van der Waals surface area contributed by atoms with Crippen LogP contribution in [0.5, 0.6) is 0 Å². The lowest BCUT2D eigenvalue weighted by molar-refractivity contribution is 0.590. The van der Waals surface area contributed by atoms with E-state index >= 15 is 0 Å². The van der Waals surface area contributed by atoms with Gasteiger partial charge in [-0.1, -0.05) is 124 Å². The van der Waals surface area contributed by atoms with Gasteiger partial charge < -0.3 is 0 Å². The Labute approximate surface area is 210 Å². The van der Waals surface area contributed by atoms with Gasteiger partial charge >= 0.3 is 0 Å². The molecule has 5 aromatic carbocycles. The van der Waals surface area contributed by atoms with E-state index in [0.29, 0.717) is 0 Å². The fourth-order valence-corrected chi connectivity index (χ4v) is 5.81. The highest BCUT2D eigenvalue weighted by Gasteiger charge is 2.16. The third-order valence-electron chi connectivity index (χ3n) is 6.77. The van der Waals surface area contributed by atoms with Crippen molar-refractivity contribution in [2.75, 3.05) is 0 Å². The Morgan fingerprint density at radius 1 is 0.571 bits per heavy atom. The van der Waals surface area contributed by atoms with Gasteiger partial charge in [-0.2, -0.15) is 0 Å². The highest BCUT2D eigenvalue weighted by molar-refractivity contribution is 7.18. The predicted molar refractivity (Wildman–Crippen MR) is 152 cm³/mol.